The lowest BCUT2D eigenvalue weighted by molar-refractivity contribution is 0.416. The van der Waals surface area contributed by atoms with E-state index in [1.807, 2.05) is 24.3 Å². The Bertz CT molecular complexity index is 522. The summed E-state index contributed by atoms with van der Waals surface area (Å²) < 4.78 is 5.37. The number of methoxy groups -OCH3 is 1. The molecule has 0 fully saturated rings. The molecule has 0 bridgehead atoms. The molecule has 0 aliphatic heterocycles. The summed E-state index contributed by atoms with van der Waals surface area (Å²) >= 11 is 1.71. The van der Waals surface area contributed by atoms with E-state index in [0.29, 0.717) is 6.04 Å². The highest BCUT2D eigenvalue weighted by Crippen LogP contribution is 2.30. The van der Waals surface area contributed by atoms with Crippen LogP contribution in [0.5, 0.6) is 5.75 Å². The van der Waals surface area contributed by atoms with Crippen LogP contribution in [0, 0.1) is 0 Å². The second-order valence-corrected chi connectivity index (χ2v) is 5.63. The van der Waals surface area contributed by atoms with E-state index in [1.165, 1.54) is 0 Å². The summed E-state index contributed by atoms with van der Waals surface area (Å²) in [6, 6.07) is 8.52. The van der Waals surface area contributed by atoms with Crippen LogP contribution in [0.4, 0.5) is 0 Å². The van der Waals surface area contributed by atoms with Crippen molar-refractivity contribution in [3.8, 4) is 17.0 Å². The number of nitrogens with zero attached hydrogens (tertiary/aromatic N) is 1. The van der Waals surface area contributed by atoms with Crippen molar-refractivity contribution in [3.05, 3.63) is 34.7 Å². The molecule has 2 aromatic rings. The van der Waals surface area contributed by atoms with Gasteiger partial charge in [-0.15, -0.1) is 11.3 Å². The van der Waals surface area contributed by atoms with Crippen molar-refractivity contribution in [2.45, 2.75) is 26.3 Å². The van der Waals surface area contributed by atoms with Crippen molar-refractivity contribution < 1.29 is 4.74 Å². The van der Waals surface area contributed by atoms with Gasteiger partial charge in [-0.2, -0.15) is 0 Å². The summed E-state index contributed by atoms with van der Waals surface area (Å²) in [6.45, 7) is 5.28. The average molecular weight is 276 g/mol. The van der Waals surface area contributed by atoms with Gasteiger partial charge in [0, 0.05) is 30.0 Å². The Morgan fingerprint density at radius 3 is 2.84 bits per heavy atom. The fourth-order valence-corrected chi connectivity index (χ4v) is 2.67. The summed E-state index contributed by atoms with van der Waals surface area (Å²) in [4.78, 5) is 4.68. The van der Waals surface area contributed by atoms with Crippen molar-refractivity contribution in [1.29, 1.82) is 0 Å². The molecule has 0 radical (unpaired) electrons. The number of nitrogens with one attached hydrogen (secondary N) is 1. The Morgan fingerprint density at radius 1 is 1.32 bits per heavy atom. The largest absolute Gasteiger partial charge is 0.496 e. The smallest absolute Gasteiger partial charge is 0.128 e. The Hall–Kier alpha value is -1.39. The highest BCUT2D eigenvalue weighted by atomic mass is 32.1. The van der Waals surface area contributed by atoms with Gasteiger partial charge < -0.3 is 10.1 Å². The number of hydrogen-bond acceptors (Lipinski definition) is 4. The highest BCUT2D eigenvalue weighted by molar-refractivity contribution is 7.09. The molecular weight excluding hydrogens is 256 g/mol. The Labute approximate surface area is 118 Å². The van der Waals surface area contributed by atoms with Crippen LogP contribution in [0.25, 0.3) is 11.3 Å². The Morgan fingerprint density at radius 2 is 2.11 bits per heavy atom. The molecule has 2 rings (SSSR count). The predicted molar refractivity (Wildman–Crippen MR) is 80.9 cm³/mol. The van der Waals surface area contributed by atoms with E-state index in [-0.39, 0.29) is 0 Å². The average Bonchev–Trinajstić information content (AvgIpc) is 2.87. The first kappa shape index (κ1) is 14.0. The van der Waals surface area contributed by atoms with Crippen LogP contribution < -0.4 is 10.1 Å². The van der Waals surface area contributed by atoms with Crippen molar-refractivity contribution in [3.63, 3.8) is 0 Å². The molecular formula is C15H20N2OS. The number of thiazole rings is 1. The van der Waals surface area contributed by atoms with Gasteiger partial charge in [0.1, 0.15) is 5.75 Å². The molecule has 0 atom stereocenters. The number of hydrogen-bond donors (Lipinski definition) is 1. The number of rotatable bonds is 6. The Balaban J connectivity index is 2.08. The molecule has 1 aromatic carbocycles. The normalized spacial score (nSPS) is 10.9. The second-order valence-electron chi connectivity index (χ2n) is 4.69. The lowest BCUT2D eigenvalue weighted by Crippen LogP contribution is -2.24. The van der Waals surface area contributed by atoms with E-state index in [0.717, 1.165) is 35.0 Å². The first-order valence-electron chi connectivity index (χ1n) is 6.52. The number of ether oxygens (including phenoxy) is 1. The molecule has 0 spiro atoms. The summed E-state index contributed by atoms with van der Waals surface area (Å²) in [6.07, 6.45) is 0.970. The van der Waals surface area contributed by atoms with Gasteiger partial charge in [0.25, 0.3) is 0 Å². The lowest BCUT2D eigenvalue weighted by Gasteiger charge is -2.06. The maximum atomic E-state index is 5.37. The third-order valence-electron chi connectivity index (χ3n) is 2.83. The SMILES string of the molecule is COc1ccccc1-c1csc(CCNC(C)C)n1. The highest BCUT2D eigenvalue weighted by Gasteiger charge is 2.09. The van der Waals surface area contributed by atoms with Gasteiger partial charge in [-0.25, -0.2) is 4.98 Å². The maximum Gasteiger partial charge on any atom is 0.128 e. The lowest BCUT2D eigenvalue weighted by atomic mass is 10.1. The topological polar surface area (TPSA) is 34.1 Å². The van der Waals surface area contributed by atoms with E-state index >= 15 is 0 Å². The molecule has 0 saturated carbocycles. The number of aromatic nitrogens is 1. The summed E-state index contributed by atoms with van der Waals surface area (Å²) in [5, 5.41) is 6.67. The van der Waals surface area contributed by atoms with Gasteiger partial charge >= 0.3 is 0 Å². The minimum absolute atomic E-state index is 0.522. The number of para-hydroxylation sites is 1. The van der Waals surface area contributed by atoms with Crippen molar-refractivity contribution in [2.24, 2.45) is 0 Å². The Kier molecular flexibility index (Phi) is 4.93. The standard InChI is InChI=1S/C15H20N2OS/c1-11(2)16-9-8-15-17-13(10-19-15)12-6-4-5-7-14(12)18-3/h4-7,10-11,16H,8-9H2,1-3H3. The van der Waals surface area contributed by atoms with Gasteiger partial charge in [0.15, 0.2) is 0 Å². The fourth-order valence-electron chi connectivity index (χ4n) is 1.87. The van der Waals surface area contributed by atoms with Gasteiger partial charge in [-0.3, -0.25) is 0 Å². The second kappa shape index (κ2) is 6.68. The molecule has 0 saturated heterocycles. The minimum Gasteiger partial charge on any atom is -0.496 e. The zero-order valence-electron chi connectivity index (χ0n) is 11.6. The molecule has 1 heterocycles. The molecule has 19 heavy (non-hydrogen) atoms. The van der Waals surface area contributed by atoms with Gasteiger partial charge in [-0.1, -0.05) is 26.0 Å². The predicted octanol–water partition coefficient (Wildman–Crippen LogP) is 3.36. The monoisotopic (exact) mass is 276 g/mol. The van der Waals surface area contributed by atoms with Gasteiger partial charge in [-0.05, 0) is 12.1 Å². The number of benzene rings is 1. The first-order valence-corrected chi connectivity index (χ1v) is 7.40. The molecule has 4 heteroatoms. The van der Waals surface area contributed by atoms with Crippen LogP contribution in [-0.4, -0.2) is 24.7 Å². The van der Waals surface area contributed by atoms with Crippen molar-refractivity contribution in [2.75, 3.05) is 13.7 Å². The molecule has 102 valence electrons. The molecule has 0 aliphatic carbocycles. The van der Waals surface area contributed by atoms with E-state index < -0.39 is 0 Å². The molecule has 0 unspecified atom stereocenters. The van der Waals surface area contributed by atoms with E-state index in [2.05, 4.69) is 29.5 Å². The van der Waals surface area contributed by atoms with Crippen LogP contribution >= 0.6 is 11.3 Å². The molecule has 3 nitrogen and oxygen atoms in total. The van der Waals surface area contributed by atoms with Gasteiger partial charge in [0.2, 0.25) is 0 Å². The summed E-state index contributed by atoms with van der Waals surface area (Å²) in [7, 11) is 1.69. The molecule has 1 N–H and O–H groups in total. The van der Waals surface area contributed by atoms with Crippen molar-refractivity contribution >= 4 is 11.3 Å². The van der Waals surface area contributed by atoms with Gasteiger partial charge in [0.05, 0.1) is 17.8 Å². The quantitative estimate of drug-likeness (QED) is 0.878. The molecule has 0 amide bonds. The van der Waals surface area contributed by atoms with E-state index in [9.17, 15) is 0 Å². The zero-order valence-corrected chi connectivity index (χ0v) is 12.5. The van der Waals surface area contributed by atoms with Crippen LogP contribution in [0.2, 0.25) is 0 Å². The third-order valence-corrected chi connectivity index (χ3v) is 3.73. The van der Waals surface area contributed by atoms with Crippen LogP contribution in [-0.2, 0) is 6.42 Å². The van der Waals surface area contributed by atoms with Crippen molar-refractivity contribution in [1.82, 2.24) is 10.3 Å². The first-order chi connectivity index (χ1) is 9.20. The van der Waals surface area contributed by atoms with Crippen LogP contribution in [0.3, 0.4) is 0 Å². The minimum atomic E-state index is 0.522. The fraction of sp³-hybridized carbons (Fsp3) is 0.400. The molecule has 1 aromatic heterocycles. The zero-order chi connectivity index (χ0) is 13.7. The van der Waals surface area contributed by atoms with E-state index in [4.69, 9.17) is 4.74 Å². The van der Waals surface area contributed by atoms with Crippen LogP contribution in [0.15, 0.2) is 29.6 Å². The van der Waals surface area contributed by atoms with Crippen LogP contribution in [0.1, 0.15) is 18.9 Å². The maximum absolute atomic E-state index is 5.37. The summed E-state index contributed by atoms with van der Waals surface area (Å²) in [5.74, 6) is 0.875. The summed E-state index contributed by atoms with van der Waals surface area (Å²) in [5.41, 5.74) is 2.06. The molecule has 0 aliphatic rings. The third kappa shape index (κ3) is 3.78. The van der Waals surface area contributed by atoms with E-state index in [1.54, 1.807) is 18.4 Å².